The Bertz CT molecular complexity index is 822. The molecule has 0 radical (unpaired) electrons. The first-order chi connectivity index (χ1) is 14.2. The summed E-state index contributed by atoms with van der Waals surface area (Å²) in [7, 11) is 0. The number of hydrogen-bond acceptors (Lipinski definition) is 7. The number of rotatable bonds is 3. The van der Waals surface area contributed by atoms with Crippen molar-refractivity contribution >= 4 is 17.5 Å². The third-order valence-electron chi connectivity index (χ3n) is 6.18. The number of ether oxygens (including phenoxy) is 2. The summed E-state index contributed by atoms with van der Waals surface area (Å²) in [6, 6.07) is 12.7. The van der Waals surface area contributed by atoms with E-state index in [9.17, 15) is 0 Å². The Morgan fingerprint density at radius 3 is 2.14 bits per heavy atom. The molecule has 0 N–H and O–H groups in total. The molecule has 29 heavy (non-hydrogen) atoms. The van der Waals surface area contributed by atoms with E-state index in [1.54, 1.807) is 0 Å². The highest BCUT2D eigenvalue weighted by molar-refractivity contribution is 5.51. The van der Waals surface area contributed by atoms with E-state index in [0.717, 1.165) is 69.6 Å². The number of piperazine rings is 1. The minimum absolute atomic E-state index is 0.364. The van der Waals surface area contributed by atoms with E-state index in [1.807, 2.05) is 0 Å². The molecule has 7 nitrogen and oxygen atoms in total. The summed E-state index contributed by atoms with van der Waals surface area (Å²) in [6.45, 7) is 9.15. The molecule has 3 fully saturated rings. The van der Waals surface area contributed by atoms with E-state index < -0.39 is 0 Å². The molecule has 0 amide bonds. The lowest BCUT2D eigenvalue weighted by Crippen LogP contribution is -2.47. The van der Waals surface area contributed by atoms with E-state index in [2.05, 4.69) is 58.0 Å². The van der Waals surface area contributed by atoms with Crippen LogP contribution in [0.5, 0.6) is 0 Å². The number of hydrogen-bond donors (Lipinski definition) is 0. The first kappa shape index (κ1) is 18.6. The van der Waals surface area contributed by atoms with Crippen LogP contribution in [0.1, 0.15) is 18.5 Å². The fraction of sp³-hybridized carbons (Fsp3) is 0.545. The summed E-state index contributed by atoms with van der Waals surface area (Å²) in [5, 5.41) is 0. The number of aryl methyl sites for hydroxylation is 1. The zero-order valence-corrected chi connectivity index (χ0v) is 17.1. The zero-order valence-electron chi connectivity index (χ0n) is 17.1. The maximum atomic E-state index is 5.85. The second kappa shape index (κ2) is 7.80. The van der Waals surface area contributed by atoms with Crippen molar-refractivity contribution in [2.24, 2.45) is 0 Å². The normalized spacial score (nSPS) is 21.8. The first-order valence-electron chi connectivity index (χ1n) is 10.6. The Hall–Kier alpha value is -2.38. The number of para-hydroxylation sites is 1. The summed E-state index contributed by atoms with van der Waals surface area (Å²) in [5.41, 5.74) is 2.31. The van der Waals surface area contributed by atoms with Crippen LogP contribution in [0.4, 0.5) is 17.5 Å². The average Bonchev–Trinajstić information content (AvgIpc) is 3.22. The minimum atomic E-state index is -0.364. The van der Waals surface area contributed by atoms with Crippen LogP contribution in [0.25, 0.3) is 0 Å². The highest BCUT2D eigenvalue weighted by atomic mass is 16.7. The van der Waals surface area contributed by atoms with Crippen LogP contribution in [-0.4, -0.2) is 68.2 Å². The Morgan fingerprint density at radius 2 is 1.45 bits per heavy atom. The van der Waals surface area contributed by atoms with Crippen LogP contribution in [0, 0.1) is 6.92 Å². The van der Waals surface area contributed by atoms with Gasteiger partial charge in [-0.3, -0.25) is 0 Å². The van der Waals surface area contributed by atoms with Crippen LogP contribution in [-0.2, 0) is 9.47 Å². The second-order valence-corrected chi connectivity index (χ2v) is 8.07. The molecule has 1 aromatic carbocycles. The second-order valence-electron chi connectivity index (χ2n) is 8.07. The molecule has 3 aliphatic rings. The zero-order chi connectivity index (χ0) is 19.7. The average molecular weight is 396 g/mol. The molecule has 0 bridgehead atoms. The molecule has 1 aromatic heterocycles. The number of nitrogens with zero attached hydrogens (tertiary/aromatic N) is 5. The molecule has 5 rings (SSSR count). The Labute approximate surface area is 172 Å². The Morgan fingerprint density at radius 1 is 0.793 bits per heavy atom. The number of benzene rings is 1. The van der Waals surface area contributed by atoms with Gasteiger partial charge in [-0.1, -0.05) is 18.2 Å². The van der Waals surface area contributed by atoms with Crippen molar-refractivity contribution < 1.29 is 9.47 Å². The van der Waals surface area contributed by atoms with Gasteiger partial charge in [0.25, 0.3) is 0 Å². The van der Waals surface area contributed by atoms with Crippen LogP contribution in [0.15, 0.2) is 36.4 Å². The quantitative estimate of drug-likeness (QED) is 0.791. The van der Waals surface area contributed by atoms with Gasteiger partial charge in [-0.25, -0.2) is 4.98 Å². The van der Waals surface area contributed by atoms with Crippen LogP contribution >= 0.6 is 0 Å². The highest BCUT2D eigenvalue weighted by Gasteiger charge is 2.40. The molecule has 3 saturated heterocycles. The maximum Gasteiger partial charge on any atom is 0.227 e. The Balaban J connectivity index is 1.26. The lowest BCUT2D eigenvalue weighted by molar-refractivity contribution is -0.169. The van der Waals surface area contributed by atoms with Gasteiger partial charge in [-0.05, 0) is 19.1 Å². The van der Waals surface area contributed by atoms with Crippen molar-refractivity contribution in [3.8, 4) is 0 Å². The van der Waals surface area contributed by atoms with Crippen molar-refractivity contribution in [1.82, 2.24) is 9.97 Å². The highest BCUT2D eigenvalue weighted by Crippen LogP contribution is 2.33. The monoisotopic (exact) mass is 395 g/mol. The third-order valence-corrected chi connectivity index (χ3v) is 6.18. The minimum Gasteiger partial charge on any atom is -0.368 e. The van der Waals surface area contributed by atoms with Gasteiger partial charge in [-0.15, -0.1) is 0 Å². The van der Waals surface area contributed by atoms with Crippen molar-refractivity contribution in [1.29, 1.82) is 0 Å². The van der Waals surface area contributed by atoms with Crippen molar-refractivity contribution in [3.63, 3.8) is 0 Å². The van der Waals surface area contributed by atoms with Gasteiger partial charge in [-0.2, -0.15) is 4.98 Å². The van der Waals surface area contributed by atoms with Gasteiger partial charge in [0, 0.05) is 69.6 Å². The van der Waals surface area contributed by atoms with Crippen molar-refractivity contribution in [2.75, 3.05) is 67.2 Å². The summed E-state index contributed by atoms with van der Waals surface area (Å²) in [4.78, 5) is 16.8. The molecule has 0 unspecified atom stereocenters. The lowest BCUT2D eigenvalue weighted by Gasteiger charge is -2.39. The van der Waals surface area contributed by atoms with Crippen molar-refractivity contribution in [2.45, 2.75) is 25.6 Å². The molecule has 3 aliphatic heterocycles. The lowest BCUT2D eigenvalue weighted by atomic mass is 10.0. The predicted molar refractivity (Wildman–Crippen MR) is 114 cm³/mol. The molecule has 0 aliphatic carbocycles. The molecule has 154 valence electrons. The summed E-state index contributed by atoms with van der Waals surface area (Å²) >= 11 is 0. The molecule has 2 aromatic rings. The number of piperidine rings is 1. The van der Waals surface area contributed by atoms with Crippen LogP contribution in [0.3, 0.4) is 0 Å². The van der Waals surface area contributed by atoms with Crippen LogP contribution in [0.2, 0.25) is 0 Å². The maximum absolute atomic E-state index is 5.85. The van der Waals surface area contributed by atoms with Gasteiger partial charge in [0.1, 0.15) is 5.82 Å². The smallest absolute Gasteiger partial charge is 0.227 e. The standard InChI is InChI=1S/C22H29N5O2/c1-18-17-20(26-13-11-25(12-14-26)19-5-3-2-4-6-19)24-21(23-18)27-9-7-22(8-10-27)28-15-16-29-22/h2-6,17H,7-16H2,1H3. The molecule has 0 saturated carbocycles. The molecular formula is C22H29N5O2. The summed E-state index contributed by atoms with van der Waals surface area (Å²) in [5.74, 6) is 1.50. The van der Waals surface area contributed by atoms with E-state index in [4.69, 9.17) is 19.4 Å². The van der Waals surface area contributed by atoms with Gasteiger partial charge >= 0.3 is 0 Å². The number of aromatic nitrogens is 2. The van der Waals surface area contributed by atoms with E-state index in [1.165, 1.54) is 5.69 Å². The van der Waals surface area contributed by atoms with E-state index in [0.29, 0.717) is 13.2 Å². The van der Waals surface area contributed by atoms with Gasteiger partial charge in [0.15, 0.2) is 5.79 Å². The van der Waals surface area contributed by atoms with Crippen molar-refractivity contribution in [3.05, 3.63) is 42.1 Å². The van der Waals surface area contributed by atoms with Gasteiger partial charge in [0.2, 0.25) is 5.95 Å². The largest absolute Gasteiger partial charge is 0.368 e. The first-order valence-corrected chi connectivity index (χ1v) is 10.6. The SMILES string of the molecule is Cc1cc(N2CCN(c3ccccc3)CC2)nc(N2CCC3(CC2)OCCO3)n1. The van der Waals surface area contributed by atoms with Gasteiger partial charge in [0.05, 0.1) is 13.2 Å². The predicted octanol–water partition coefficient (Wildman–Crippen LogP) is 2.45. The van der Waals surface area contributed by atoms with Crippen LogP contribution < -0.4 is 14.7 Å². The van der Waals surface area contributed by atoms with E-state index >= 15 is 0 Å². The molecule has 1 spiro atoms. The summed E-state index contributed by atoms with van der Waals surface area (Å²) < 4.78 is 11.7. The molecular weight excluding hydrogens is 366 g/mol. The third kappa shape index (κ3) is 3.89. The summed E-state index contributed by atoms with van der Waals surface area (Å²) in [6.07, 6.45) is 1.74. The fourth-order valence-corrected chi connectivity index (χ4v) is 4.51. The molecule has 7 heteroatoms. The molecule has 4 heterocycles. The van der Waals surface area contributed by atoms with E-state index in [-0.39, 0.29) is 5.79 Å². The fourth-order valence-electron chi connectivity index (χ4n) is 4.51. The molecule has 0 atom stereocenters. The van der Waals surface area contributed by atoms with Gasteiger partial charge < -0.3 is 24.2 Å². The topological polar surface area (TPSA) is 54.0 Å². The number of anilines is 3. The Kier molecular flexibility index (Phi) is 5.01.